The summed E-state index contributed by atoms with van der Waals surface area (Å²) >= 11 is 0. The molecule has 0 spiro atoms. The van der Waals surface area contributed by atoms with Crippen LogP contribution in [0.5, 0.6) is 0 Å². The van der Waals surface area contributed by atoms with Crippen molar-refractivity contribution in [2.45, 2.75) is 18.9 Å². The second kappa shape index (κ2) is 7.05. The van der Waals surface area contributed by atoms with E-state index in [2.05, 4.69) is 121 Å². The Kier molecular flexibility index (Phi) is 4.45. The Hall–Kier alpha value is -3.06. The summed E-state index contributed by atoms with van der Waals surface area (Å²) in [5.74, 6) is 0. The van der Waals surface area contributed by atoms with Crippen LogP contribution in [0.4, 0.5) is 5.69 Å². The summed E-state index contributed by atoms with van der Waals surface area (Å²) in [6.45, 7) is 2.33. The highest BCUT2D eigenvalue weighted by Crippen LogP contribution is 2.41. The van der Waals surface area contributed by atoms with E-state index in [-0.39, 0.29) is 5.54 Å². The zero-order valence-electron chi connectivity index (χ0n) is 15.0. The van der Waals surface area contributed by atoms with E-state index < -0.39 is 0 Å². The van der Waals surface area contributed by atoms with Gasteiger partial charge in [0.25, 0.3) is 0 Å². The minimum Gasteiger partial charge on any atom is -0.338 e. The van der Waals surface area contributed by atoms with Gasteiger partial charge in [-0.3, -0.25) is 0 Å². The third-order valence-corrected chi connectivity index (χ3v) is 5.14. The molecule has 0 aromatic heterocycles. The molecular formula is C25H23N. The van der Waals surface area contributed by atoms with E-state index in [9.17, 15) is 0 Å². The summed E-state index contributed by atoms with van der Waals surface area (Å²) in [4.78, 5) is 2.41. The average Bonchev–Trinajstić information content (AvgIpc) is 2.70. The molecule has 0 bridgehead atoms. The maximum Gasteiger partial charge on any atom is 0.0708 e. The predicted molar refractivity (Wildman–Crippen MR) is 112 cm³/mol. The average molecular weight is 337 g/mol. The molecule has 1 heteroatoms. The number of fused-ring (bicyclic) bond motifs is 1. The fraction of sp³-hybridized carbons (Fsp3) is 0.120. The molecule has 3 aromatic carbocycles. The topological polar surface area (TPSA) is 3.24 Å². The minimum absolute atomic E-state index is 0.127. The lowest BCUT2D eigenvalue weighted by molar-refractivity contribution is 0.480. The molecule has 1 aliphatic carbocycles. The lowest BCUT2D eigenvalue weighted by Gasteiger charge is -2.43. The van der Waals surface area contributed by atoms with Crippen LogP contribution in [-0.4, -0.2) is 0 Å². The lowest BCUT2D eigenvalue weighted by Crippen LogP contribution is -2.41. The van der Waals surface area contributed by atoms with Crippen LogP contribution < -0.4 is 4.90 Å². The SMILES string of the molecule is CC1(N(C=Cc2ccccc2)c2ccccc2)CC=Cc2ccccc21. The first-order chi connectivity index (χ1) is 12.8. The molecular weight excluding hydrogens is 314 g/mol. The normalized spacial score (nSPS) is 18.7. The molecule has 3 aromatic rings. The molecule has 0 radical (unpaired) electrons. The number of anilines is 1. The Morgan fingerprint density at radius 3 is 2.23 bits per heavy atom. The Morgan fingerprint density at radius 2 is 1.46 bits per heavy atom. The van der Waals surface area contributed by atoms with Gasteiger partial charge in [-0.05, 0) is 48.2 Å². The van der Waals surface area contributed by atoms with Gasteiger partial charge in [-0.1, -0.05) is 84.9 Å². The molecule has 0 amide bonds. The van der Waals surface area contributed by atoms with Crippen LogP contribution in [0.2, 0.25) is 0 Å². The summed E-state index contributed by atoms with van der Waals surface area (Å²) in [7, 11) is 0. The summed E-state index contributed by atoms with van der Waals surface area (Å²) in [5, 5.41) is 0. The second-order valence-corrected chi connectivity index (χ2v) is 6.90. The van der Waals surface area contributed by atoms with E-state index >= 15 is 0 Å². The van der Waals surface area contributed by atoms with Crippen molar-refractivity contribution >= 4 is 17.8 Å². The van der Waals surface area contributed by atoms with E-state index in [1.54, 1.807) is 0 Å². The van der Waals surface area contributed by atoms with E-state index in [1.165, 1.54) is 22.4 Å². The van der Waals surface area contributed by atoms with Crippen molar-refractivity contribution in [2.75, 3.05) is 4.90 Å². The van der Waals surface area contributed by atoms with Crippen molar-refractivity contribution in [2.24, 2.45) is 0 Å². The fourth-order valence-corrected chi connectivity index (χ4v) is 3.74. The van der Waals surface area contributed by atoms with Crippen molar-refractivity contribution in [1.29, 1.82) is 0 Å². The molecule has 26 heavy (non-hydrogen) atoms. The van der Waals surface area contributed by atoms with Gasteiger partial charge in [0, 0.05) is 11.9 Å². The maximum atomic E-state index is 2.41. The van der Waals surface area contributed by atoms with Gasteiger partial charge in [-0.25, -0.2) is 0 Å². The Balaban J connectivity index is 1.81. The van der Waals surface area contributed by atoms with Crippen LogP contribution in [0.3, 0.4) is 0 Å². The van der Waals surface area contributed by atoms with Gasteiger partial charge in [0.2, 0.25) is 0 Å². The van der Waals surface area contributed by atoms with Crippen LogP contribution in [0.15, 0.2) is 97.2 Å². The first kappa shape index (κ1) is 16.4. The predicted octanol–water partition coefficient (Wildman–Crippen LogP) is 6.50. The molecule has 0 saturated carbocycles. The van der Waals surface area contributed by atoms with Crippen LogP contribution in [-0.2, 0) is 5.54 Å². The van der Waals surface area contributed by atoms with Crippen LogP contribution >= 0.6 is 0 Å². The number of nitrogens with zero attached hydrogens (tertiary/aromatic N) is 1. The van der Waals surface area contributed by atoms with Gasteiger partial charge >= 0.3 is 0 Å². The zero-order chi connectivity index (χ0) is 17.8. The first-order valence-electron chi connectivity index (χ1n) is 9.11. The largest absolute Gasteiger partial charge is 0.338 e. The third-order valence-electron chi connectivity index (χ3n) is 5.14. The highest BCUT2D eigenvalue weighted by Gasteiger charge is 2.35. The molecule has 0 heterocycles. The number of para-hydroxylation sites is 1. The molecule has 0 saturated heterocycles. The minimum atomic E-state index is -0.127. The van der Waals surface area contributed by atoms with Gasteiger partial charge in [-0.2, -0.15) is 0 Å². The van der Waals surface area contributed by atoms with E-state index in [0.717, 1.165) is 6.42 Å². The standard InChI is InChI=1S/C25H23N/c1-25(19-10-14-22-13-8-9-17-24(22)25)26(23-15-6-3-7-16-23)20-18-21-11-4-2-5-12-21/h2-18,20H,19H2,1H3. The quantitative estimate of drug-likeness (QED) is 0.525. The van der Waals surface area contributed by atoms with Crippen LogP contribution in [0.1, 0.15) is 30.0 Å². The number of rotatable bonds is 4. The van der Waals surface area contributed by atoms with Crippen molar-refractivity contribution in [1.82, 2.24) is 0 Å². The monoisotopic (exact) mass is 337 g/mol. The Morgan fingerprint density at radius 1 is 0.808 bits per heavy atom. The molecule has 1 nitrogen and oxygen atoms in total. The summed E-state index contributed by atoms with van der Waals surface area (Å²) in [5.41, 5.74) is 4.95. The molecule has 0 N–H and O–H groups in total. The van der Waals surface area contributed by atoms with Gasteiger partial charge < -0.3 is 4.90 Å². The summed E-state index contributed by atoms with van der Waals surface area (Å²) in [6.07, 6.45) is 9.91. The van der Waals surface area contributed by atoms with Gasteiger partial charge in [-0.15, -0.1) is 0 Å². The fourth-order valence-electron chi connectivity index (χ4n) is 3.74. The van der Waals surface area contributed by atoms with E-state index in [1.807, 2.05) is 0 Å². The highest BCUT2D eigenvalue weighted by molar-refractivity contribution is 5.66. The molecule has 0 fully saturated rings. The number of benzene rings is 3. The van der Waals surface area contributed by atoms with E-state index in [4.69, 9.17) is 0 Å². The molecule has 1 atom stereocenters. The van der Waals surface area contributed by atoms with Crippen molar-refractivity contribution in [3.05, 3.63) is 114 Å². The van der Waals surface area contributed by atoms with Crippen molar-refractivity contribution in [3.8, 4) is 0 Å². The highest BCUT2D eigenvalue weighted by atomic mass is 15.2. The first-order valence-corrected chi connectivity index (χ1v) is 9.11. The van der Waals surface area contributed by atoms with Crippen molar-refractivity contribution < 1.29 is 0 Å². The van der Waals surface area contributed by atoms with Gasteiger partial charge in [0.1, 0.15) is 0 Å². The Bertz CT molecular complexity index is 925. The maximum absolute atomic E-state index is 2.41. The second-order valence-electron chi connectivity index (χ2n) is 6.90. The van der Waals surface area contributed by atoms with Gasteiger partial charge in [0.15, 0.2) is 0 Å². The summed E-state index contributed by atoms with van der Waals surface area (Å²) in [6, 6.07) is 29.8. The third kappa shape index (κ3) is 3.09. The smallest absolute Gasteiger partial charge is 0.0708 e. The number of hydrogen-bond donors (Lipinski definition) is 0. The van der Waals surface area contributed by atoms with Crippen molar-refractivity contribution in [3.63, 3.8) is 0 Å². The molecule has 1 unspecified atom stereocenters. The molecule has 4 rings (SSSR count). The molecule has 0 aliphatic heterocycles. The van der Waals surface area contributed by atoms with Crippen LogP contribution in [0, 0.1) is 0 Å². The Labute approximate surface area is 155 Å². The number of hydrogen-bond acceptors (Lipinski definition) is 1. The van der Waals surface area contributed by atoms with E-state index in [0.29, 0.717) is 0 Å². The molecule has 1 aliphatic rings. The molecule has 128 valence electrons. The van der Waals surface area contributed by atoms with Gasteiger partial charge in [0.05, 0.1) is 5.54 Å². The van der Waals surface area contributed by atoms with Crippen LogP contribution in [0.25, 0.3) is 12.2 Å². The lowest BCUT2D eigenvalue weighted by atomic mass is 9.80. The summed E-state index contributed by atoms with van der Waals surface area (Å²) < 4.78 is 0. The zero-order valence-corrected chi connectivity index (χ0v) is 15.0.